The van der Waals surface area contributed by atoms with E-state index in [1.165, 1.54) is 0 Å². The van der Waals surface area contributed by atoms with E-state index in [2.05, 4.69) is 22.0 Å². The van der Waals surface area contributed by atoms with Crippen molar-refractivity contribution in [2.75, 3.05) is 0 Å². The molecule has 3 nitrogen and oxygen atoms in total. The Bertz CT molecular complexity index is 694. The number of nitrogens with two attached hydrogens (primary N) is 1. The lowest BCUT2D eigenvalue weighted by Gasteiger charge is -2.14. The Morgan fingerprint density at radius 2 is 1.81 bits per heavy atom. The van der Waals surface area contributed by atoms with Crippen molar-refractivity contribution in [2.45, 2.75) is 26.8 Å². The summed E-state index contributed by atoms with van der Waals surface area (Å²) in [7, 11) is 0. The number of benzene rings is 2. The summed E-state index contributed by atoms with van der Waals surface area (Å²) in [5.74, 6) is 1.52. The summed E-state index contributed by atoms with van der Waals surface area (Å²) in [5, 5.41) is 8.98. The summed E-state index contributed by atoms with van der Waals surface area (Å²) in [6, 6.07) is 11.5. The van der Waals surface area contributed by atoms with Crippen molar-refractivity contribution in [2.24, 2.45) is 5.73 Å². The number of halogens is 1. The van der Waals surface area contributed by atoms with Gasteiger partial charge < -0.3 is 10.5 Å². The first-order valence-corrected chi connectivity index (χ1v) is 7.46. The van der Waals surface area contributed by atoms with Crippen LogP contribution in [-0.2, 0) is 0 Å². The zero-order valence-electron chi connectivity index (χ0n) is 12.3. The Kier molecular flexibility index (Phi) is 4.66. The predicted octanol–water partition coefficient (Wildman–Crippen LogP) is 4.75. The molecule has 21 heavy (non-hydrogen) atoms. The van der Waals surface area contributed by atoms with Crippen LogP contribution >= 0.6 is 15.9 Å². The molecule has 0 radical (unpaired) electrons. The van der Waals surface area contributed by atoms with E-state index in [9.17, 15) is 0 Å². The van der Waals surface area contributed by atoms with Gasteiger partial charge in [-0.15, -0.1) is 0 Å². The van der Waals surface area contributed by atoms with Crippen molar-refractivity contribution < 1.29 is 4.74 Å². The molecule has 2 aromatic carbocycles. The van der Waals surface area contributed by atoms with Gasteiger partial charge in [0, 0.05) is 10.5 Å². The van der Waals surface area contributed by atoms with E-state index >= 15 is 0 Å². The zero-order chi connectivity index (χ0) is 15.6. The van der Waals surface area contributed by atoms with Crippen LogP contribution in [0, 0.1) is 25.2 Å². The quantitative estimate of drug-likeness (QED) is 0.873. The van der Waals surface area contributed by atoms with Gasteiger partial charge in [0.2, 0.25) is 0 Å². The lowest BCUT2D eigenvalue weighted by atomic mass is 10.1. The molecule has 2 N–H and O–H groups in total. The van der Waals surface area contributed by atoms with E-state index in [-0.39, 0.29) is 6.04 Å². The van der Waals surface area contributed by atoms with Crippen LogP contribution in [0.2, 0.25) is 0 Å². The Balaban J connectivity index is 2.35. The zero-order valence-corrected chi connectivity index (χ0v) is 13.9. The number of rotatable bonds is 3. The fraction of sp³-hybridized carbons (Fsp3) is 0.235. The molecule has 0 saturated heterocycles. The smallest absolute Gasteiger partial charge is 0.133 e. The monoisotopic (exact) mass is 344 g/mol. The third-order valence-electron chi connectivity index (χ3n) is 3.27. The average molecular weight is 345 g/mol. The van der Waals surface area contributed by atoms with Gasteiger partial charge in [-0.25, -0.2) is 0 Å². The maximum atomic E-state index is 8.98. The highest BCUT2D eigenvalue weighted by molar-refractivity contribution is 9.10. The number of hydrogen-bond donors (Lipinski definition) is 1. The minimum atomic E-state index is -0.0354. The van der Waals surface area contributed by atoms with Gasteiger partial charge in [0.15, 0.2) is 0 Å². The number of ether oxygens (including phenoxy) is 1. The van der Waals surface area contributed by atoms with Gasteiger partial charge in [0.25, 0.3) is 0 Å². The first-order chi connectivity index (χ1) is 9.92. The van der Waals surface area contributed by atoms with Crippen LogP contribution in [0.3, 0.4) is 0 Å². The van der Waals surface area contributed by atoms with Gasteiger partial charge in [-0.3, -0.25) is 0 Å². The average Bonchev–Trinajstić information content (AvgIpc) is 2.42. The van der Waals surface area contributed by atoms with Gasteiger partial charge in [-0.05, 0) is 61.7 Å². The highest BCUT2D eigenvalue weighted by Crippen LogP contribution is 2.33. The summed E-state index contributed by atoms with van der Waals surface area (Å²) in [4.78, 5) is 0. The van der Waals surface area contributed by atoms with Crippen molar-refractivity contribution in [3.8, 4) is 17.6 Å². The van der Waals surface area contributed by atoms with Crippen molar-refractivity contribution in [1.29, 1.82) is 5.26 Å². The molecule has 2 rings (SSSR count). The molecule has 0 aromatic heterocycles. The molecular formula is C17H17BrN2O. The number of hydrogen-bond acceptors (Lipinski definition) is 3. The molecule has 0 aliphatic rings. The van der Waals surface area contributed by atoms with Crippen LogP contribution in [0.1, 0.15) is 35.2 Å². The van der Waals surface area contributed by atoms with Crippen LogP contribution in [0.15, 0.2) is 34.8 Å². The molecule has 0 aliphatic carbocycles. The maximum absolute atomic E-state index is 8.98. The van der Waals surface area contributed by atoms with Gasteiger partial charge in [0.1, 0.15) is 11.5 Å². The summed E-state index contributed by atoms with van der Waals surface area (Å²) in [5.41, 5.74) is 9.46. The van der Waals surface area contributed by atoms with Crippen LogP contribution in [0.4, 0.5) is 0 Å². The Morgan fingerprint density at radius 3 is 2.29 bits per heavy atom. The van der Waals surface area contributed by atoms with Crippen LogP contribution in [-0.4, -0.2) is 0 Å². The molecule has 0 fully saturated rings. The van der Waals surface area contributed by atoms with Crippen molar-refractivity contribution in [3.63, 3.8) is 0 Å². The molecule has 0 heterocycles. The standard InChI is InChI=1S/C17H17BrN2O/c1-10-6-13(9-19)7-11(2)17(10)21-14-4-5-15(12(3)20)16(18)8-14/h4-8,12H,20H2,1-3H3/t12-/m1/s1. The van der Waals surface area contributed by atoms with Gasteiger partial charge in [0.05, 0.1) is 11.6 Å². The van der Waals surface area contributed by atoms with E-state index in [1.54, 1.807) is 0 Å². The summed E-state index contributed by atoms with van der Waals surface area (Å²) >= 11 is 3.52. The molecule has 2 aromatic rings. The van der Waals surface area contributed by atoms with Crippen LogP contribution in [0.25, 0.3) is 0 Å². The molecule has 0 bridgehead atoms. The molecule has 0 spiro atoms. The maximum Gasteiger partial charge on any atom is 0.133 e. The minimum Gasteiger partial charge on any atom is -0.457 e. The number of aryl methyl sites for hydroxylation is 2. The molecule has 108 valence electrons. The highest BCUT2D eigenvalue weighted by atomic mass is 79.9. The van der Waals surface area contributed by atoms with E-state index in [0.717, 1.165) is 32.7 Å². The molecular weight excluding hydrogens is 328 g/mol. The highest BCUT2D eigenvalue weighted by Gasteiger charge is 2.10. The Labute approximate surface area is 133 Å². The minimum absolute atomic E-state index is 0.0354. The van der Waals surface area contributed by atoms with Crippen LogP contribution < -0.4 is 10.5 Å². The van der Waals surface area contributed by atoms with E-state index in [1.807, 2.05) is 51.1 Å². The van der Waals surface area contributed by atoms with Crippen molar-refractivity contribution >= 4 is 15.9 Å². The summed E-state index contributed by atoms with van der Waals surface area (Å²) in [6.07, 6.45) is 0. The summed E-state index contributed by atoms with van der Waals surface area (Å²) in [6.45, 7) is 5.82. The fourth-order valence-electron chi connectivity index (χ4n) is 2.23. The second-order valence-corrected chi connectivity index (χ2v) is 5.98. The largest absolute Gasteiger partial charge is 0.457 e. The SMILES string of the molecule is Cc1cc(C#N)cc(C)c1Oc1ccc([C@@H](C)N)c(Br)c1. The number of nitriles is 1. The second-order valence-electron chi connectivity index (χ2n) is 5.13. The van der Waals surface area contributed by atoms with Gasteiger partial charge in [-0.2, -0.15) is 5.26 Å². The molecule has 1 atom stereocenters. The Hall–Kier alpha value is -1.83. The van der Waals surface area contributed by atoms with Crippen LogP contribution in [0.5, 0.6) is 11.5 Å². The van der Waals surface area contributed by atoms with E-state index in [0.29, 0.717) is 5.56 Å². The Morgan fingerprint density at radius 1 is 1.19 bits per heavy atom. The fourth-order valence-corrected chi connectivity index (χ4v) is 2.95. The summed E-state index contributed by atoms with van der Waals surface area (Å²) < 4.78 is 6.90. The molecule has 0 amide bonds. The van der Waals surface area contributed by atoms with Crippen molar-refractivity contribution in [3.05, 3.63) is 57.1 Å². The lowest BCUT2D eigenvalue weighted by Crippen LogP contribution is -2.05. The third-order valence-corrected chi connectivity index (χ3v) is 3.96. The second kappa shape index (κ2) is 6.30. The first kappa shape index (κ1) is 15.6. The topological polar surface area (TPSA) is 59.0 Å². The normalized spacial score (nSPS) is 11.8. The molecule has 0 saturated carbocycles. The first-order valence-electron chi connectivity index (χ1n) is 6.66. The van der Waals surface area contributed by atoms with Gasteiger partial charge >= 0.3 is 0 Å². The van der Waals surface area contributed by atoms with Crippen molar-refractivity contribution in [1.82, 2.24) is 0 Å². The van der Waals surface area contributed by atoms with E-state index in [4.69, 9.17) is 15.7 Å². The molecule has 0 aliphatic heterocycles. The van der Waals surface area contributed by atoms with Gasteiger partial charge in [-0.1, -0.05) is 22.0 Å². The number of nitrogens with zero attached hydrogens (tertiary/aromatic N) is 1. The third kappa shape index (κ3) is 3.44. The predicted molar refractivity (Wildman–Crippen MR) is 87.4 cm³/mol. The molecule has 0 unspecified atom stereocenters. The van der Waals surface area contributed by atoms with E-state index < -0.39 is 0 Å². The molecule has 4 heteroatoms. The lowest BCUT2D eigenvalue weighted by molar-refractivity contribution is 0.474.